The largest absolute Gasteiger partial charge is 0.484 e. The zero-order valence-electron chi connectivity index (χ0n) is 19.7. The fourth-order valence-electron chi connectivity index (χ4n) is 3.26. The predicted molar refractivity (Wildman–Crippen MR) is 141 cm³/mol. The molecule has 0 spiro atoms. The predicted octanol–water partition coefficient (Wildman–Crippen LogP) is 6.56. The number of hydrogen-bond donors (Lipinski definition) is 3. The minimum Gasteiger partial charge on any atom is -0.484 e. The number of rotatable bonds is 8. The van der Waals surface area contributed by atoms with E-state index in [0.717, 1.165) is 22.5 Å². The van der Waals surface area contributed by atoms with Crippen LogP contribution in [0.1, 0.15) is 16.8 Å². The summed E-state index contributed by atoms with van der Waals surface area (Å²) in [5.41, 5.74) is 5.08. The molecule has 35 heavy (non-hydrogen) atoms. The number of carbonyl (C=O) groups is 1. The second-order valence-electron chi connectivity index (χ2n) is 8.13. The number of hydrogen-bond acceptors (Lipinski definition) is 6. The number of anilines is 5. The average Bonchev–Trinajstić information content (AvgIpc) is 2.84. The standard InChI is InChI=1S/C27H26ClN5O2/c1-17-4-10-21(11-5-17)30-26-25(32-24(34)16-35-23-14-8-20(28)9-15-23)19(3)29-27(33-26)31-22-12-6-18(2)7-13-22/h4-15H,16H2,1-3H3,(H,32,34)(H2,29,30,31,33). The maximum absolute atomic E-state index is 12.7. The molecular formula is C27H26ClN5O2. The fourth-order valence-corrected chi connectivity index (χ4v) is 3.39. The summed E-state index contributed by atoms with van der Waals surface area (Å²) >= 11 is 5.90. The molecule has 4 aromatic rings. The SMILES string of the molecule is Cc1ccc(Nc2nc(C)c(NC(=O)COc3ccc(Cl)cc3)c(Nc3ccc(C)cc3)n2)cc1. The molecule has 0 saturated carbocycles. The van der Waals surface area contributed by atoms with Gasteiger partial charge < -0.3 is 20.7 Å². The molecule has 0 unspecified atom stereocenters. The second kappa shape index (κ2) is 10.9. The number of ether oxygens (including phenoxy) is 1. The summed E-state index contributed by atoms with van der Waals surface area (Å²) in [7, 11) is 0. The van der Waals surface area contributed by atoms with E-state index in [9.17, 15) is 4.79 Å². The van der Waals surface area contributed by atoms with E-state index in [0.29, 0.717) is 33.9 Å². The molecule has 8 heteroatoms. The number of amides is 1. The maximum Gasteiger partial charge on any atom is 0.262 e. The lowest BCUT2D eigenvalue weighted by molar-refractivity contribution is -0.118. The molecule has 0 aliphatic heterocycles. The van der Waals surface area contributed by atoms with Gasteiger partial charge in [-0.3, -0.25) is 4.79 Å². The summed E-state index contributed by atoms with van der Waals surface area (Å²) in [6.45, 7) is 5.70. The van der Waals surface area contributed by atoms with E-state index in [4.69, 9.17) is 16.3 Å². The van der Waals surface area contributed by atoms with Gasteiger partial charge in [0.25, 0.3) is 5.91 Å². The zero-order chi connectivity index (χ0) is 24.8. The zero-order valence-corrected chi connectivity index (χ0v) is 20.5. The van der Waals surface area contributed by atoms with Crippen LogP contribution in [0.3, 0.4) is 0 Å². The van der Waals surface area contributed by atoms with Gasteiger partial charge in [-0.1, -0.05) is 47.0 Å². The molecule has 1 heterocycles. The van der Waals surface area contributed by atoms with Crippen molar-refractivity contribution in [3.05, 3.63) is 94.6 Å². The van der Waals surface area contributed by atoms with Crippen LogP contribution in [0.15, 0.2) is 72.8 Å². The Labute approximate surface area is 209 Å². The molecule has 1 amide bonds. The lowest BCUT2D eigenvalue weighted by Crippen LogP contribution is -2.22. The maximum atomic E-state index is 12.7. The first kappa shape index (κ1) is 24.0. The van der Waals surface area contributed by atoms with Gasteiger partial charge in [0.05, 0.1) is 5.69 Å². The Kier molecular flexibility index (Phi) is 7.48. The van der Waals surface area contributed by atoms with Gasteiger partial charge in [-0.15, -0.1) is 0 Å². The van der Waals surface area contributed by atoms with Crippen molar-refractivity contribution in [1.82, 2.24) is 9.97 Å². The number of aryl methyl sites for hydroxylation is 3. The molecule has 0 radical (unpaired) electrons. The van der Waals surface area contributed by atoms with E-state index in [1.54, 1.807) is 24.3 Å². The van der Waals surface area contributed by atoms with Crippen molar-refractivity contribution in [3.8, 4) is 5.75 Å². The van der Waals surface area contributed by atoms with Crippen LogP contribution in [-0.4, -0.2) is 22.5 Å². The topological polar surface area (TPSA) is 88.2 Å². The van der Waals surface area contributed by atoms with Crippen molar-refractivity contribution in [1.29, 1.82) is 0 Å². The van der Waals surface area contributed by atoms with Crippen molar-refractivity contribution in [3.63, 3.8) is 0 Å². The highest BCUT2D eigenvalue weighted by molar-refractivity contribution is 6.30. The molecule has 178 valence electrons. The van der Waals surface area contributed by atoms with E-state index in [1.807, 2.05) is 69.3 Å². The Morgan fingerprint density at radius 2 is 1.37 bits per heavy atom. The number of halogens is 1. The van der Waals surface area contributed by atoms with Crippen LogP contribution in [0.5, 0.6) is 5.75 Å². The van der Waals surface area contributed by atoms with Crippen molar-refractivity contribution in [2.45, 2.75) is 20.8 Å². The Balaban J connectivity index is 1.56. The summed E-state index contributed by atoms with van der Waals surface area (Å²) in [4.78, 5) is 21.9. The Morgan fingerprint density at radius 1 is 0.800 bits per heavy atom. The molecule has 0 saturated heterocycles. The third kappa shape index (κ3) is 6.71. The van der Waals surface area contributed by atoms with Crippen molar-refractivity contribution < 1.29 is 9.53 Å². The molecule has 3 N–H and O–H groups in total. The smallest absolute Gasteiger partial charge is 0.262 e. The van der Waals surface area contributed by atoms with Crippen LogP contribution >= 0.6 is 11.6 Å². The van der Waals surface area contributed by atoms with E-state index in [-0.39, 0.29) is 12.5 Å². The second-order valence-corrected chi connectivity index (χ2v) is 8.57. The van der Waals surface area contributed by atoms with Gasteiger partial charge in [0.2, 0.25) is 5.95 Å². The quantitative estimate of drug-likeness (QED) is 0.261. The lowest BCUT2D eigenvalue weighted by atomic mass is 10.2. The highest BCUT2D eigenvalue weighted by Gasteiger charge is 2.16. The normalized spacial score (nSPS) is 10.5. The minimum atomic E-state index is -0.335. The molecular weight excluding hydrogens is 462 g/mol. The Hall–Kier alpha value is -4.10. The molecule has 3 aromatic carbocycles. The summed E-state index contributed by atoms with van der Waals surface area (Å²) in [5, 5.41) is 10.0. The van der Waals surface area contributed by atoms with Crippen molar-refractivity contribution in [2.75, 3.05) is 22.6 Å². The summed E-state index contributed by atoms with van der Waals surface area (Å²) in [6, 6.07) is 22.7. The number of aromatic nitrogens is 2. The third-order valence-corrected chi connectivity index (χ3v) is 5.41. The van der Waals surface area contributed by atoms with Gasteiger partial charge in [0, 0.05) is 16.4 Å². The highest BCUT2D eigenvalue weighted by Crippen LogP contribution is 2.29. The monoisotopic (exact) mass is 487 g/mol. The van der Waals surface area contributed by atoms with Crippen molar-refractivity contribution in [2.24, 2.45) is 0 Å². The van der Waals surface area contributed by atoms with Gasteiger partial charge in [-0.05, 0) is 69.3 Å². The molecule has 0 aliphatic carbocycles. The molecule has 7 nitrogen and oxygen atoms in total. The first-order chi connectivity index (χ1) is 16.9. The van der Waals surface area contributed by atoms with Crippen LogP contribution in [-0.2, 0) is 4.79 Å². The van der Waals surface area contributed by atoms with Gasteiger partial charge in [-0.25, -0.2) is 4.98 Å². The average molecular weight is 488 g/mol. The van der Waals surface area contributed by atoms with E-state index in [1.165, 1.54) is 0 Å². The Bertz CT molecular complexity index is 1310. The molecule has 0 aliphatic rings. The molecule has 4 rings (SSSR count). The van der Waals surface area contributed by atoms with Gasteiger partial charge in [-0.2, -0.15) is 4.98 Å². The van der Waals surface area contributed by atoms with Gasteiger partial charge in [0.1, 0.15) is 11.4 Å². The third-order valence-electron chi connectivity index (χ3n) is 5.16. The van der Waals surface area contributed by atoms with Crippen LogP contribution in [0.25, 0.3) is 0 Å². The number of benzene rings is 3. The number of nitrogens with one attached hydrogen (secondary N) is 3. The van der Waals surface area contributed by atoms with Crippen LogP contribution in [0.2, 0.25) is 5.02 Å². The Morgan fingerprint density at radius 3 is 1.97 bits per heavy atom. The van der Waals surface area contributed by atoms with Gasteiger partial charge in [0.15, 0.2) is 12.4 Å². The molecule has 0 bridgehead atoms. The summed E-state index contributed by atoms with van der Waals surface area (Å²) in [6.07, 6.45) is 0. The van der Waals surface area contributed by atoms with E-state index < -0.39 is 0 Å². The first-order valence-electron chi connectivity index (χ1n) is 11.1. The highest BCUT2D eigenvalue weighted by atomic mass is 35.5. The summed E-state index contributed by atoms with van der Waals surface area (Å²) < 4.78 is 5.57. The van der Waals surface area contributed by atoms with Crippen molar-refractivity contribution >= 4 is 46.3 Å². The molecule has 0 atom stereocenters. The minimum absolute atomic E-state index is 0.172. The van der Waals surface area contributed by atoms with E-state index >= 15 is 0 Å². The van der Waals surface area contributed by atoms with Gasteiger partial charge >= 0.3 is 0 Å². The van der Waals surface area contributed by atoms with Crippen LogP contribution < -0.4 is 20.7 Å². The molecule has 0 fully saturated rings. The van der Waals surface area contributed by atoms with Crippen LogP contribution in [0.4, 0.5) is 28.8 Å². The molecule has 1 aromatic heterocycles. The first-order valence-corrected chi connectivity index (χ1v) is 11.5. The number of nitrogens with zero attached hydrogens (tertiary/aromatic N) is 2. The lowest BCUT2D eigenvalue weighted by Gasteiger charge is -2.17. The number of carbonyl (C=O) groups excluding carboxylic acids is 1. The summed E-state index contributed by atoms with van der Waals surface area (Å²) in [5.74, 6) is 1.10. The fraction of sp³-hybridized carbons (Fsp3) is 0.148. The van der Waals surface area contributed by atoms with E-state index in [2.05, 4.69) is 25.9 Å². The van der Waals surface area contributed by atoms with Crippen LogP contribution in [0, 0.1) is 20.8 Å².